The third-order valence-corrected chi connectivity index (χ3v) is 4.44. The average Bonchev–Trinajstić information content (AvgIpc) is 2.53. The number of carbonyl (C=O) groups is 2. The minimum atomic E-state index is -3.07. The first kappa shape index (κ1) is 23.0. The zero-order chi connectivity index (χ0) is 21.6. The van der Waals surface area contributed by atoms with Crippen LogP contribution in [0.25, 0.3) is 0 Å². The molecule has 1 aromatic carbocycles. The monoisotopic (exact) mass is 415 g/mol. The number of ether oxygens (including phenoxy) is 1. The molecule has 1 aliphatic heterocycles. The van der Waals surface area contributed by atoms with Crippen LogP contribution in [0.15, 0.2) is 18.2 Å². The van der Waals surface area contributed by atoms with E-state index in [1.54, 1.807) is 0 Å². The second kappa shape index (κ2) is 9.96. The molecule has 0 aliphatic carbocycles. The highest BCUT2D eigenvalue weighted by atomic mass is 19.3. The highest BCUT2D eigenvalue weighted by Gasteiger charge is 2.24. The molecule has 0 unspecified atom stereocenters. The zero-order valence-electron chi connectivity index (χ0n) is 16.9. The molecule has 2 N–H and O–H groups in total. The van der Waals surface area contributed by atoms with E-state index < -0.39 is 12.4 Å². The number of amides is 2. The fourth-order valence-corrected chi connectivity index (χ4v) is 3.29. The van der Waals surface area contributed by atoms with Crippen molar-refractivity contribution in [3.8, 4) is 5.75 Å². The number of rotatable bonds is 7. The highest BCUT2D eigenvalue weighted by Crippen LogP contribution is 2.24. The fourth-order valence-electron chi connectivity index (χ4n) is 3.29. The van der Waals surface area contributed by atoms with Crippen molar-refractivity contribution < 1.29 is 27.5 Å². The van der Waals surface area contributed by atoms with Crippen molar-refractivity contribution in [1.82, 2.24) is 10.2 Å². The molecule has 29 heavy (non-hydrogen) atoms. The van der Waals surface area contributed by atoms with Crippen LogP contribution in [-0.2, 0) is 9.59 Å². The van der Waals surface area contributed by atoms with Crippen LogP contribution < -0.4 is 15.4 Å². The van der Waals surface area contributed by atoms with Gasteiger partial charge in [0.25, 0.3) is 0 Å². The lowest BCUT2D eigenvalue weighted by Gasteiger charge is -2.32. The lowest BCUT2D eigenvalue weighted by molar-refractivity contribution is -0.124. The first-order valence-electron chi connectivity index (χ1n) is 9.59. The number of halogens is 3. The van der Waals surface area contributed by atoms with Crippen LogP contribution in [-0.4, -0.2) is 48.5 Å². The van der Waals surface area contributed by atoms with E-state index in [0.717, 1.165) is 31.0 Å². The summed E-state index contributed by atoms with van der Waals surface area (Å²) < 4.78 is 42.3. The maximum Gasteiger partial charge on any atom is 0.387 e. The molecule has 2 rings (SSSR count). The van der Waals surface area contributed by atoms with Gasteiger partial charge in [-0.2, -0.15) is 8.78 Å². The molecule has 2 amide bonds. The van der Waals surface area contributed by atoms with Gasteiger partial charge in [-0.1, -0.05) is 0 Å². The van der Waals surface area contributed by atoms with Gasteiger partial charge in [0.05, 0.1) is 6.54 Å². The summed E-state index contributed by atoms with van der Waals surface area (Å²) in [6, 6.07) is 3.03. The van der Waals surface area contributed by atoms with Gasteiger partial charge in [0.1, 0.15) is 11.6 Å². The van der Waals surface area contributed by atoms with E-state index in [1.165, 1.54) is 0 Å². The summed E-state index contributed by atoms with van der Waals surface area (Å²) in [7, 11) is 0. The van der Waals surface area contributed by atoms with E-state index in [9.17, 15) is 22.8 Å². The second-order valence-electron chi connectivity index (χ2n) is 8.32. The van der Waals surface area contributed by atoms with Gasteiger partial charge < -0.3 is 15.4 Å². The third-order valence-electron chi connectivity index (χ3n) is 4.44. The van der Waals surface area contributed by atoms with Crippen LogP contribution in [0.1, 0.15) is 40.0 Å². The molecule has 0 radical (unpaired) electrons. The Bertz CT molecular complexity index is 715. The molecule has 1 aliphatic rings. The van der Waals surface area contributed by atoms with E-state index in [2.05, 4.69) is 20.3 Å². The van der Waals surface area contributed by atoms with Gasteiger partial charge in [-0.05, 0) is 58.7 Å². The predicted octanol–water partition coefficient (Wildman–Crippen LogP) is 3.38. The summed E-state index contributed by atoms with van der Waals surface area (Å²) in [5.41, 5.74) is -0.202. The molecule has 162 valence electrons. The average molecular weight is 415 g/mol. The smallest absolute Gasteiger partial charge is 0.387 e. The molecule has 1 aromatic rings. The molecule has 1 heterocycles. The van der Waals surface area contributed by atoms with E-state index in [-0.39, 0.29) is 41.1 Å². The Labute approximate surface area is 168 Å². The van der Waals surface area contributed by atoms with Gasteiger partial charge in [-0.3, -0.25) is 14.5 Å². The molecule has 0 spiro atoms. The molecule has 0 bridgehead atoms. The van der Waals surface area contributed by atoms with Crippen LogP contribution in [0.2, 0.25) is 0 Å². The standard InChI is InChI=1S/C20H28F3N3O3/c1-20(2,3)25-18(28)12-26-6-4-13(5-7-26)8-17(27)24-15-9-14(21)10-16(11-15)29-19(22)23/h9-11,13,19H,4-8,12H2,1-3H3,(H,24,27)(H,25,28). The number of carbonyl (C=O) groups excluding carboxylic acids is 2. The van der Waals surface area contributed by atoms with Gasteiger partial charge in [0.2, 0.25) is 11.8 Å². The Morgan fingerprint density at radius 3 is 2.41 bits per heavy atom. The van der Waals surface area contributed by atoms with Gasteiger partial charge in [-0.15, -0.1) is 0 Å². The maximum atomic E-state index is 13.5. The van der Waals surface area contributed by atoms with Crippen LogP contribution in [0, 0.1) is 11.7 Å². The fraction of sp³-hybridized carbons (Fsp3) is 0.600. The normalized spacial score (nSPS) is 16.0. The summed E-state index contributed by atoms with van der Waals surface area (Å²) >= 11 is 0. The van der Waals surface area contributed by atoms with Crippen molar-refractivity contribution in [3.05, 3.63) is 24.0 Å². The number of anilines is 1. The lowest BCUT2D eigenvalue weighted by Crippen LogP contribution is -2.47. The topological polar surface area (TPSA) is 70.7 Å². The Hall–Kier alpha value is -2.29. The first-order valence-corrected chi connectivity index (χ1v) is 9.59. The van der Waals surface area contributed by atoms with Gasteiger partial charge in [0, 0.05) is 29.8 Å². The molecule has 1 fully saturated rings. The number of likely N-dealkylation sites (tertiary alicyclic amines) is 1. The van der Waals surface area contributed by atoms with Gasteiger partial charge in [0.15, 0.2) is 0 Å². The van der Waals surface area contributed by atoms with E-state index in [0.29, 0.717) is 19.6 Å². The molecule has 0 saturated carbocycles. The number of hydrogen-bond acceptors (Lipinski definition) is 4. The van der Waals surface area contributed by atoms with E-state index in [1.807, 2.05) is 20.8 Å². The summed E-state index contributed by atoms with van der Waals surface area (Å²) in [4.78, 5) is 26.3. The quantitative estimate of drug-likeness (QED) is 0.716. The number of nitrogens with one attached hydrogen (secondary N) is 2. The molecule has 6 nitrogen and oxygen atoms in total. The van der Waals surface area contributed by atoms with Gasteiger partial charge in [-0.25, -0.2) is 4.39 Å². The molecular formula is C20H28F3N3O3. The minimum Gasteiger partial charge on any atom is -0.435 e. The number of hydrogen-bond donors (Lipinski definition) is 2. The largest absolute Gasteiger partial charge is 0.435 e. The molecule has 0 aromatic heterocycles. The third kappa shape index (κ3) is 8.72. The summed E-state index contributed by atoms with van der Waals surface area (Å²) in [6.07, 6.45) is 1.77. The molecule has 9 heteroatoms. The predicted molar refractivity (Wildman–Crippen MR) is 103 cm³/mol. The minimum absolute atomic E-state index is 0.0263. The van der Waals surface area contributed by atoms with Crippen LogP contribution in [0.3, 0.4) is 0 Å². The maximum absolute atomic E-state index is 13.5. The van der Waals surface area contributed by atoms with Crippen molar-refractivity contribution in [1.29, 1.82) is 0 Å². The summed E-state index contributed by atoms with van der Waals surface area (Å²) in [5.74, 6) is -1.33. The van der Waals surface area contributed by atoms with Crippen molar-refractivity contribution in [3.63, 3.8) is 0 Å². The SMILES string of the molecule is CC(C)(C)NC(=O)CN1CCC(CC(=O)Nc2cc(F)cc(OC(F)F)c2)CC1. The summed E-state index contributed by atoms with van der Waals surface area (Å²) in [6.45, 7) is 4.46. The van der Waals surface area contributed by atoms with E-state index >= 15 is 0 Å². The van der Waals surface area contributed by atoms with Crippen LogP contribution >= 0.6 is 0 Å². The Balaban J connectivity index is 1.78. The zero-order valence-corrected chi connectivity index (χ0v) is 16.9. The van der Waals surface area contributed by atoms with Crippen molar-refractivity contribution in [2.24, 2.45) is 5.92 Å². The lowest BCUT2D eigenvalue weighted by atomic mass is 9.93. The number of piperidine rings is 1. The molecule has 0 atom stereocenters. The van der Waals surface area contributed by atoms with Crippen molar-refractivity contribution in [2.45, 2.75) is 52.2 Å². The Morgan fingerprint density at radius 1 is 1.17 bits per heavy atom. The number of alkyl halides is 2. The number of benzene rings is 1. The number of nitrogens with zero attached hydrogens (tertiary/aromatic N) is 1. The first-order chi connectivity index (χ1) is 13.5. The van der Waals surface area contributed by atoms with Gasteiger partial charge >= 0.3 is 6.61 Å². The van der Waals surface area contributed by atoms with Crippen LogP contribution in [0.5, 0.6) is 5.75 Å². The van der Waals surface area contributed by atoms with Crippen molar-refractivity contribution in [2.75, 3.05) is 25.0 Å². The molecular weight excluding hydrogens is 387 g/mol. The Morgan fingerprint density at radius 2 is 1.83 bits per heavy atom. The second-order valence-corrected chi connectivity index (χ2v) is 8.32. The van der Waals surface area contributed by atoms with Crippen molar-refractivity contribution >= 4 is 17.5 Å². The highest BCUT2D eigenvalue weighted by molar-refractivity contribution is 5.91. The molecule has 1 saturated heterocycles. The Kier molecular flexibility index (Phi) is 7.89. The summed E-state index contributed by atoms with van der Waals surface area (Å²) in [5, 5.41) is 5.46. The van der Waals surface area contributed by atoms with E-state index in [4.69, 9.17) is 0 Å². The van der Waals surface area contributed by atoms with Crippen LogP contribution in [0.4, 0.5) is 18.9 Å².